The number of aromatic nitrogens is 2. The predicted molar refractivity (Wildman–Crippen MR) is 87.3 cm³/mol. The van der Waals surface area contributed by atoms with Crippen molar-refractivity contribution in [3.05, 3.63) is 51.3 Å². The second kappa shape index (κ2) is 6.72. The molecule has 0 saturated heterocycles. The molecule has 2 N–H and O–H groups in total. The summed E-state index contributed by atoms with van der Waals surface area (Å²) in [5, 5.41) is 2.94. The first-order valence-corrected chi connectivity index (χ1v) is 8.50. The number of anilines is 1. The van der Waals surface area contributed by atoms with E-state index >= 15 is 0 Å². The molecule has 0 saturated carbocycles. The SMILES string of the molecule is CCCSc1nc2c(c(=O)[nH]1)[C@H](c1cccc(F)c1F)CC(=O)N2. The molecule has 1 aromatic carbocycles. The summed E-state index contributed by atoms with van der Waals surface area (Å²) in [5.41, 5.74) is -0.320. The fraction of sp³-hybridized carbons (Fsp3) is 0.312. The number of fused-ring (bicyclic) bond motifs is 1. The molecule has 0 spiro atoms. The first kappa shape index (κ1) is 16.6. The summed E-state index contributed by atoms with van der Waals surface area (Å²) in [6.45, 7) is 1.99. The number of hydrogen-bond donors (Lipinski definition) is 2. The minimum Gasteiger partial charge on any atom is -0.310 e. The Bertz CT molecular complexity index is 854. The average molecular weight is 351 g/mol. The molecule has 0 unspecified atom stereocenters. The van der Waals surface area contributed by atoms with Gasteiger partial charge in [-0.15, -0.1) is 0 Å². The lowest BCUT2D eigenvalue weighted by molar-refractivity contribution is -0.116. The highest BCUT2D eigenvalue weighted by molar-refractivity contribution is 7.99. The van der Waals surface area contributed by atoms with Crippen LogP contribution in [0.4, 0.5) is 14.6 Å². The molecule has 5 nitrogen and oxygen atoms in total. The van der Waals surface area contributed by atoms with Gasteiger partial charge in [0.2, 0.25) is 5.91 Å². The molecule has 3 rings (SSSR count). The molecule has 2 aromatic rings. The summed E-state index contributed by atoms with van der Waals surface area (Å²) in [6.07, 6.45) is 0.758. The molecule has 1 aliphatic rings. The van der Waals surface area contributed by atoms with Gasteiger partial charge in [0.15, 0.2) is 16.8 Å². The van der Waals surface area contributed by atoms with Crippen LogP contribution in [0.5, 0.6) is 0 Å². The summed E-state index contributed by atoms with van der Waals surface area (Å²) in [6, 6.07) is 3.73. The lowest BCUT2D eigenvalue weighted by Crippen LogP contribution is -2.31. The largest absolute Gasteiger partial charge is 0.310 e. The number of H-pyrrole nitrogens is 1. The molecule has 1 amide bonds. The molecule has 1 aliphatic heterocycles. The van der Waals surface area contributed by atoms with Crippen molar-refractivity contribution in [1.29, 1.82) is 0 Å². The third-order valence-corrected chi connectivity index (χ3v) is 4.81. The van der Waals surface area contributed by atoms with Gasteiger partial charge in [-0.05, 0) is 18.1 Å². The van der Waals surface area contributed by atoms with Gasteiger partial charge in [0.25, 0.3) is 5.56 Å². The van der Waals surface area contributed by atoms with Gasteiger partial charge >= 0.3 is 0 Å². The van der Waals surface area contributed by atoms with E-state index in [1.54, 1.807) is 0 Å². The van der Waals surface area contributed by atoms with Crippen LogP contribution in [0.3, 0.4) is 0 Å². The normalized spacial score (nSPS) is 16.6. The van der Waals surface area contributed by atoms with Gasteiger partial charge < -0.3 is 10.3 Å². The molecule has 0 bridgehead atoms. The first-order valence-electron chi connectivity index (χ1n) is 7.52. The summed E-state index contributed by atoms with van der Waals surface area (Å²) >= 11 is 1.36. The van der Waals surface area contributed by atoms with Gasteiger partial charge in [0.05, 0.1) is 5.56 Å². The van der Waals surface area contributed by atoms with Crippen LogP contribution in [-0.4, -0.2) is 21.6 Å². The lowest BCUT2D eigenvalue weighted by Gasteiger charge is -2.24. The van der Waals surface area contributed by atoms with Crippen LogP contribution in [0.2, 0.25) is 0 Å². The third-order valence-electron chi connectivity index (χ3n) is 3.73. The molecule has 24 heavy (non-hydrogen) atoms. The number of aromatic amines is 1. The second-order valence-corrected chi connectivity index (χ2v) is 6.51. The molecule has 0 radical (unpaired) electrons. The number of thioether (sulfide) groups is 1. The standard InChI is InChI=1S/C16H15F2N3O2S/c1-2-6-24-16-20-14-12(15(23)21-16)9(7-11(22)19-14)8-4-3-5-10(17)13(8)18/h3-5,9H,2,6-7H2,1H3,(H2,19,20,21,22,23)/t9-/m0/s1. The maximum Gasteiger partial charge on any atom is 0.257 e. The van der Waals surface area contributed by atoms with Gasteiger partial charge in [-0.3, -0.25) is 9.59 Å². The topological polar surface area (TPSA) is 74.8 Å². The maximum absolute atomic E-state index is 14.1. The Morgan fingerprint density at radius 2 is 2.12 bits per heavy atom. The minimum atomic E-state index is -1.05. The Labute approximate surface area is 140 Å². The van der Waals surface area contributed by atoms with Crippen molar-refractivity contribution in [2.45, 2.75) is 30.8 Å². The number of rotatable bonds is 4. The summed E-state index contributed by atoms with van der Waals surface area (Å²) in [5.74, 6) is -2.45. The van der Waals surface area contributed by atoms with Crippen LogP contribution in [0.15, 0.2) is 28.2 Å². The van der Waals surface area contributed by atoms with Crippen LogP contribution in [0.1, 0.15) is 36.8 Å². The number of carbonyl (C=O) groups is 1. The molecule has 0 aliphatic carbocycles. The van der Waals surface area contributed by atoms with Gasteiger partial charge in [-0.25, -0.2) is 13.8 Å². The summed E-state index contributed by atoms with van der Waals surface area (Å²) in [4.78, 5) is 31.3. The van der Waals surface area contributed by atoms with E-state index in [0.717, 1.165) is 18.2 Å². The Kier molecular flexibility index (Phi) is 4.66. The number of nitrogens with zero attached hydrogens (tertiary/aromatic N) is 1. The van der Waals surface area contributed by atoms with Crippen LogP contribution < -0.4 is 10.9 Å². The van der Waals surface area contributed by atoms with Crippen molar-refractivity contribution in [2.24, 2.45) is 0 Å². The van der Waals surface area contributed by atoms with Crippen molar-refractivity contribution >= 4 is 23.5 Å². The molecular weight excluding hydrogens is 336 g/mol. The molecular formula is C16H15F2N3O2S. The molecule has 2 heterocycles. The first-order chi connectivity index (χ1) is 11.5. The highest BCUT2D eigenvalue weighted by Gasteiger charge is 2.33. The number of amides is 1. The summed E-state index contributed by atoms with van der Waals surface area (Å²) < 4.78 is 27.7. The Balaban J connectivity index is 2.11. The van der Waals surface area contributed by atoms with Crippen molar-refractivity contribution < 1.29 is 13.6 Å². The molecule has 126 valence electrons. The van der Waals surface area contributed by atoms with Crippen molar-refractivity contribution in [3.63, 3.8) is 0 Å². The zero-order chi connectivity index (χ0) is 17.3. The Hall–Kier alpha value is -2.22. The Morgan fingerprint density at radius 3 is 2.88 bits per heavy atom. The molecule has 1 aromatic heterocycles. The van der Waals surface area contributed by atoms with Crippen LogP contribution in [0, 0.1) is 11.6 Å². The molecule has 1 atom stereocenters. The highest BCUT2D eigenvalue weighted by atomic mass is 32.2. The fourth-order valence-electron chi connectivity index (χ4n) is 2.67. The third kappa shape index (κ3) is 3.06. The number of hydrogen-bond acceptors (Lipinski definition) is 4. The fourth-order valence-corrected chi connectivity index (χ4v) is 3.39. The number of halogens is 2. The summed E-state index contributed by atoms with van der Waals surface area (Å²) in [7, 11) is 0. The maximum atomic E-state index is 14.1. The van der Waals surface area contributed by atoms with Crippen molar-refractivity contribution in [3.8, 4) is 0 Å². The van der Waals surface area contributed by atoms with E-state index in [9.17, 15) is 18.4 Å². The van der Waals surface area contributed by atoms with E-state index in [2.05, 4.69) is 15.3 Å². The van der Waals surface area contributed by atoms with Crippen LogP contribution in [-0.2, 0) is 4.79 Å². The quantitative estimate of drug-likeness (QED) is 0.656. The van der Waals surface area contributed by atoms with E-state index in [0.29, 0.717) is 5.16 Å². The highest BCUT2D eigenvalue weighted by Crippen LogP contribution is 2.36. The Morgan fingerprint density at radius 1 is 1.33 bits per heavy atom. The van der Waals surface area contributed by atoms with Gasteiger partial charge in [-0.2, -0.15) is 0 Å². The van der Waals surface area contributed by atoms with E-state index in [-0.39, 0.29) is 29.3 Å². The monoisotopic (exact) mass is 351 g/mol. The van der Waals surface area contributed by atoms with Gasteiger partial charge in [0.1, 0.15) is 5.82 Å². The van der Waals surface area contributed by atoms with E-state index in [1.165, 1.54) is 23.9 Å². The zero-order valence-electron chi connectivity index (χ0n) is 12.9. The lowest BCUT2D eigenvalue weighted by atomic mass is 9.86. The van der Waals surface area contributed by atoms with Crippen LogP contribution in [0.25, 0.3) is 0 Å². The van der Waals surface area contributed by atoms with Crippen molar-refractivity contribution in [1.82, 2.24) is 9.97 Å². The number of carbonyl (C=O) groups excluding carboxylic acids is 1. The van der Waals surface area contributed by atoms with E-state index < -0.39 is 23.1 Å². The number of nitrogens with one attached hydrogen (secondary N) is 2. The molecule has 8 heteroatoms. The van der Waals surface area contributed by atoms with Gasteiger partial charge in [0, 0.05) is 18.1 Å². The average Bonchev–Trinajstić information content (AvgIpc) is 2.54. The minimum absolute atomic E-state index is 0.0210. The smallest absolute Gasteiger partial charge is 0.257 e. The zero-order valence-corrected chi connectivity index (χ0v) is 13.7. The van der Waals surface area contributed by atoms with E-state index in [1.807, 2.05) is 6.92 Å². The van der Waals surface area contributed by atoms with Crippen LogP contribution >= 0.6 is 11.8 Å². The molecule has 0 fully saturated rings. The van der Waals surface area contributed by atoms with Gasteiger partial charge in [-0.1, -0.05) is 30.8 Å². The van der Waals surface area contributed by atoms with Crippen molar-refractivity contribution in [2.75, 3.05) is 11.1 Å². The second-order valence-electron chi connectivity index (χ2n) is 5.43. The predicted octanol–water partition coefficient (Wildman–Crippen LogP) is 3.02. The number of benzene rings is 1. The van der Waals surface area contributed by atoms with E-state index in [4.69, 9.17) is 0 Å².